The number of carboxylic acid groups (broad SMARTS) is 1. The third-order valence-corrected chi connectivity index (χ3v) is 6.39. The average molecular weight is 450 g/mol. The molecule has 2 N–H and O–H groups in total. The van der Waals surface area contributed by atoms with Crippen LogP contribution in [0.5, 0.6) is 0 Å². The summed E-state index contributed by atoms with van der Waals surface area (Å²) < 4.78 is 3.32. The molecule has 4 rings (SSSR count). The van der Waals surface area contributed by atoms with Crippen LogP contribution in [-0.2, 0) is 6.54 Å². The monoisotopic (exact) mass is 449 g/mol. The third kappa shape index (κ3) is 5.33. The molecule has 32 heavy (non-hydrogen) atoms. The molecule has 0 radical (unpaired) electrons. The number of aromatic carboxylic acids is 1. The SMILES string of the molecule is CN(C)CCCC(c1ccc2nc(NCc3ccc(C(=O)O)cc3)sc2c1)n1ccnc1. The second-order valence-electron chi connectivity index (χ2n) is 8.07. The average Bonchev–Trinajstić information content (AvgIpc) is 3.44. The van der Waals surface area contributed by atoms with Crippen LogP contribution in [0.25, 0.3) is 10.2 Å². The highest BCUT2D eigenvalue weighted by Crippen LogP contribution is 2.31. The predicted molar refractivity (Wildman–Crippen MR) is 129 cm³/mol. The number of hydrogen-bond acceptors (Lipinski definition) is 6. The number of hydrogen-bond donors (Lipinski definition) is 2. The summed E-state index contributed by atoms with van der Waals surface area (Å²) in [6, 6.07) is 13.6. The zero-order valence-corrected chi connectivity index (χ0v) is 19.0. The van der Waals surface area contributed by atoms with Crippen LogP contribution in [0.3, 0.4) is 0 Å². The number of nitrogens with zero attached hydrogens (tertiary/aromatic N) is 4. The lowest BCUT2D eigenvalue weighted by atomic mass is 10.0. The van der Waals surface area contributed by atoms with Crippen LogP contribution in [0.15, 0.2) is 61.2 Å². The molecule has 2 aromatic carbocycles. The van der Waals surface area contributed by atoms with E-state index >= 15 is 0 Å². The van der Waals surface area contributed by atoms with Gasteiger partial charge in [-0.3, -0.25) is 0 Å². The summed E-state index contributed by atoms with van der Waals surface area (Å²) in [6.45, 7) is 1.64. The van der Waals surface area contributed by atoms with E-state index in [4.69, 9.17) is 10.1 Å². The molecule has 4 aromatic rings. The predicted octanol–water partition coefficient (Wildman–Crippen LogP) is 4.73. The van der Waals surface area contributed by atoms with Crippen LogP contribution < -0.4 is 5.32 Å². The number of rotatable bonds is 10. The van der Waals surface area contributed by atoms with Gasteiger partial charge in [-0.1, -0.05) is 29.5 Å². The van der Waals surface area contributed by atoms with E-state index in [2.05, 4.69) is 52.1 Å². The first kappa shape index (κ1) is 22.0. The number of thiazole rings is 1. The van der Waals surface area contributed by atoms with Crippen molar-refractivity contribution in [1.29, 1.82) is 0 Å². The van der Waals surface area contributed by atoms with Crippen LogP contribution >= 0.6 is 11.3 Å². The molecule has 0 bridgehead atoms. The first-order valence-electron chi connectivity index (χ1n) is 10.6. The van der Waals surface area contributed by atoms with Crippen molar-refractivity contribution in [3.8, 4) is 0 Å². The topological polar surface area (TPSA) is 83.3 Å². The normalized spacial score (nSPS) is 12.3. The number of aromatic nitrogens is 3. The molecule has 0 spiro atoms. The minimum atomic E-state index is -0.915. The van der Waals surface area contributed by atoms with E-state index in [0.717, 1.165) is 40.3 Å². The minimum Gasteiger partial charge on any atom is -0.478 e. The Morgan fingerprint density at radius 3 is 2.72 bits per heavy atom. The van der Waals surface area contributed by atoms with E-state index in [1.165, 1.54) is 5.56 Å². The van der Waals surface area contributed by atoms with Crippen LogP contribution in [0.2, 0.25) is 0 Å². The Balaban J connectivity index is 1.49. The van der Waals surface area contributed by atoms with Gasteiger partial charge >= 0.3 is 5.97 Å². The molecule has 0 saturated carbocycles. The zero-order valence-electron chi connectivity index (χ0n) is 18.2. The van der Waals surface area contributed by atoms with Crippen LogP contribution in [0.4, 0.5) is 5.13 Å². The molecule has 7 nitrogen and oxygen atoms in total. The van der Waals surface area contributed by atoms with Gasteiger partial charge in [0.2, 0.25) is 0 Å². The van der Waals surface area contributed by atoms with Gasteiger partial charge in [0.25, 0.3) is 0 Å². The molecule has 1 atom stereocenters. The lowest BCUT2D eigenvalue weighted by molar-refractivity contribution is 0.0697. The maximum absolute atomic E-state index is 11.0. The molecular weight excluding hydrogens is 422 g/mol. The Labute approximate surface area is 191 Å². The third-order valence-electron chi connectivity index (χ3n) is 5.41. The van der Waals surface area contributed by atoms with Gasteiger partial charge in [-0.15, -0.1) is 0 Å². The number of imidazole rings is 1. The summed E-state index contributed by atoms with van der Waals surface area (Å²) in [5, 5.41) is 13.2. The Morgan fingerprint density at radius 2 is 2.03 bits per heavy atom. The Hall–Kier alpha value is -3.23. The van der Waals surface area contributed by atoms with Gasteiger partial charge in [-0.2, -0.15) is 0 Å². The summed E-state index contributed by atoms with van der Waals surface area (Å²) in [4.78, 5) is 22.2. The van der Waals surface area contributed by atoms with Gasteiger partial charge < -0.3 is 19.9 Å². The maximum atomic E-state index is 11.0. The summed E-state index contributed by atoms with van der Waals surface area (Å²) in [6.07, 6.45) is 7.88. The summed E-state index contributed by atoms with van der Waals surface area (Å²) in [7, 11) is 4.20. The molecule has 0 aliphatic heterocycles. The Morgan fingerprint density at radius 1 is 1.22 bits per heavy atom. The van der Waals surface area contributed by atoms with E-state index in [0.29, 0.717) is 12.1 Å². The van der Waals surface area contributed by atoms with Crippen molar-refractivity contribution in [2.24, 2.45) is 0 Å². The molecule has 2 aromatic heterocycles. The number of anilines is 1. The number of benzene rings is 2. The highest BCUT2D eigenvalue weighted by Gasteiger charge is 2.15. The van der Waals surface area contributed by atoms with Crippen LogP contribution in [-0.4, -0.2) is 51.2 Å². The fourth-order valence-corrected chi connectivity index (χ4v) is 4.62. The zero-order chi connectivity index (χ0) is 22.5. The van der Waals surface area contributed by atoms with E-state index < -0.39 is 5.97 Å². The molecule has 0 amide bonds. The van der Waals surface area contributed by atoms with Gasteiger partial charge in [-0.25, -0.2) is 14.8 Å². The van der Waals surface area contributed by atoms with Crippen molar-refractivity contribution >= 4 is 32.7 Å². The van der Waals surface area contributed by atoms with Crippen molar-refractivity contribution < 1.29 is 9.90 Å². The largest absolute Gasteiger partial charge is 0.478 e. The number of carbonyl (C=O) groups is 1. The fraction of sp³-hybridized carbons (Fsp3) is 0.292. The maximum Gasteiger partial charge on any atom is 0.335 e. The van der Waals surface area contributed by atoms with Crippen molar-refractivity contribution in [2.75, 3.05) is 26.0 Å². The number of carboxylic acids is 1. The molecular formula is C24H27N5O2S. The highest BCUT2D eigenvalue weighted by molar-refractivity contribution is 7.22. The minimum absolute atomic E-state index is 0.244. The van der Waals surface area contributed by atoms with Gasteiger partial charge in [0.05, 0.1) is 28.1 Å². The van der Waals surface area contributed by atoms with Crippen molar-refractivity contribution in [2.45, 2.75) is 25.4 Å². The van der Waals surface area contributed by atoms with E-state index in [-0.39, 0.29) is 6.04 Å². The molecule has 0 aliphatic rings. The summed E-state index contributed by atoms with van der Waals surface area (Å²) in [5.41, 5.74) is 3.53. The summed E-state index contributed by atoms with van der Waals surface area (Å²) in [5.74, 6) is -0.915. The highest BCUT2D eigenvalue weighted by atomic mass is 32.1. The lowest BCUT2D eigenvalue weighted by Crippen LogP contribution is -2.16. The summed E-state index contributed by atoms with van der Waals surface area (Å²) >= 11 is 1.63. The number of nitrogens with one attached hydrogen (secondary N) is 1. The first-order chi connectivity index (χ1) is 15.5. The van der Waals surface area contributed by atoms with Gasteiger partial charge in [0, 0.05) is 18.9 Å². The smallest absolute Gasteiger partial charge is 0.335 e. The van der Waals surface area contributed by atoms with E-state index in [1.54, 1.807) is 23.5 Å². The van der Waals surface area contributed by atoms with Crippen LogP contribution in [0, 0.1) is 0 Å². The molecule has 8 heteroatoms. The van der Waals surface area contributed by atoms with Crippen molar-refractivity contribution in [3.05, 3.63) is 77.9 Å². The standard InChI is InChI=1S/C24H27N5O2S/c1-28(2)12-3-4-21(29-13-11-25-16-29)19-9-10-20-22(14-19)32-24(27-20)26-15-17-5-7-18(8-6-17)23(30)31/h5-11,13-14,16,21H,3-4,12,15H2,1-2H3,(H,26,27)(H,30,31). The second-order valence-corrected chi connectivity index (χ2v) is 9.10. The van der Waals surface area contributed by atoms with E-state index in [9.17, 15) is 4.79 Å². The van der Waals surface area contributed by atoms with Gasteiger partial charge in [0.1, 0.15) is 0 Å². The van der Waals surface area contributed by atoms with Crippen LogP contribution in [0.1, 0.15) is 40.4 Å². The fourth-order valence-electron chi connectivity index (χ4n) is 3.71. The van der Waals surface area contributed by atoms with Gasteiger partial charge in [0.15, 0.2) is 5.13 Å². The van der Waals surface area contributed by atoms with Crippen molar-refractivity contribution in [3.63, 3.8) is 0 Å². The molecule has 0 aliphatic carbocycles. The molecule has 166 valence electrons. The van der Waals surface area contributed by atoms with E-state index in [1.807, 2.05) is 30.9 Å². The molecule has 2 heterocycles. The Bertz CT molecular complexity index is 1170. The van der Waals surface area contributed by atoms with Crippen molar-refractivity contribution in [1.82, 2.24) is 19.4 Å². The first-order valence-corrected chi connectivity index (χ1v) is 11.4. The molecule has 0 saturated heterocycles. The number of fused-ring (bicyclic) bond motifs is 1. The quantitative estimate of drug-likeness (QED) is 0.364. The second kappa shape index (κ2) is 9.93. The molecule has 1 unspecified atom stereocenters. The van der Waals surface area contributed by atoms with Gasteiger partial charge in [-0.05, 0) is 68.9 Å². The Kier molecular flexibility index (Phi) is 6.82. The lowest BCUT2D eigenvalue weighted by Gasteiger charge is -2.20. The molecule has 0 fully saturated rings.